The number of fused-ring (bicyclic) bond motifs is 1. The van der Waals surface area contributed by atoms with Crippen LogP contribution in [0.2, 0.25) is 0 Å². The molecule has 5 nitrogen and oxygen atoms in total. The Labute approximate surface area is 111 Å². The second-order valence-corrected chi connectivity index (χ2v) is 5.13. The lowest BCUT2D eigenvalue weighted by atomic mass is 9.95. The van der Waals surface area contributed by atoms with Crippen molar-refractivity contribution in [2.45, 2.75) is 19.3 Å². The van der Waals surface area contributed by atoms with Crippen molar-refractivity contribution in [2.75, 3.05) is 25.0 Å². The standard InChI is InChI=1S/C14H19N3O2/c18-14-17-12-2-1-11(9-13(12)19-14)16-8-5-10-3-6-15-7-4-10/h1-2,9-10,15-16H,3-8H2,(H,17,18). The molecule has 5 heteroatoms. The Morgan fingerprint density at radius 3 is 3.00 bits per heavy atom. The molecule has 3 rings (SSSR count). The van der Waals surface area contributed by atoms with Gasteiger partial charge in [0.1, 0.15) is 0 Å². The maximum absolute atomic E-state index is 11.1. The molecule has 1 saturated heterocycles. The van der Waals surface area contributed by atoms with Crippen LogP contribution in [0, 0.1) is 5.92 Å². The van der Waals surface area contributed by atoms with Gasteiger partial charge in [-0.1, -0.05) is 0 Å². The van der Waals surface area contributed by atoms with Crippen molar-refractivity contribution in [3.63, 3.8) is 0 Å². The molecule has 0 radical (unpaired) electrons. The van der Waals surface area contributed by atoms with Crippen molar-refractivity contribution >= 4 is 16.8 Å². The number of benzene rings is 1. The molecule has 0 aliphatic carbocycles. The number of H-pyrrole nitrogens is 1. The van der Waals surface area contributed by atoms with E-state index in [1.165, 1.54) is 19.3 Å². The smallest absolute Gasteiger partial charge is 0.408 e. The lowest BCUT2D eigenvalue weighted by Gasteiger charge is -2.22. The largest absolute Gasteiger partial charge is 0.417 e. The van der Waals surface area contributed by atoms with Crippen molar-refractivity contribution in [1.82, 2.24) is 10.3 Å². The quantitative estimate of drug-likeness (QED) is 0.786. The zero-order valence-electron chi connectivity index (χ0n) is 10.9. The SMILES string of the molecule is O=c1[nH]c2ccc(NCCC3CCNCC3)cc2o1. The molecule has 2 aromatic rings. The second kappa shape index (κ2) is 5.48. The van der Waals surface area contributed by atoms with E-state index in [1.54, 1.807) is 0 Å². The highest BCUT2D eigenvalue weighted by molar-refractivity contribution is 5.76. The third kappa shape index (κ3) is 2.98. The lowest BCUT2D eigenvalue weighted by Crippen LogP contribution is -2.28. The van der Waals surface area contributed by atoms with Gasteiger partial charge in [-0.2, -0.15) is 0 Å². The van der Waals surface area contributed by atoms with Crippen LogP contribution in [0.1, 0.15) is 19.3 Å². The second-order valence-electron chi connectivity index (χ2n) is 5.13. The minimum atomic E-state index is -0.401. The summed E-state index contributed by atoms with van der Waals surface area (Å²) in [6, 6.07) is 5.71. The van der Waals surface area contributed by atoms with E-state index in [0.717, 1.165) is 36.8 Å². The molecule has 0 atom stereocenters. The van der Waals surface area contributed by atoms with Gasteiger partial charge in [-0.25, -0.2) is 4.79 Å². The average molecular weight is 261 g/mol. The molecule has 0 unspecified atom stereocenters. The molecule has 102 valence electrons. The van der Waals surface area contributed by atoms with Crippen LogP contribution in [0.25, 0.3) is 11.1 Å². The highest BCUT2D eigenvalue weighted by Crippen LogP contribution is 2.18. The van der Waals surface area contributed by atoms with Gasteiger partial charge in [0, 0.05) is 18.3 Å². The van der Waals surface area contributed by atoms with Crippen molar-refractivity contribution in [1.29, 1.82) is 0 Å². The van der Waals surface area contributed by atoms with E-state index >= 15 is 0 Å². The summed E-state index contributed by atoms with van der Waals surface area (Å²) in [5.74, 6) is 0.421. The first-order valence-electron chi connectivity index (χ1n) is 6.89. The van der Waals surface area contributed by atoms with Crippen LogP contribution in [0.4, 0.5) is 5.69 Å². The predicted molar refractivity (Wildman–Crippen MR) is 75.5 cm³/mol. The molecule has 1 aromatic carbocycles. The number of anilines is 1. The third-order valence-corrected chi connectivity index (χ3v) is 3.76. The number of aromatic amines is 1. The van der Waals surface area contributed by atoms with Crippen LogP contribution < -0.4 is 16.4 Å². The Morgan fingerprint density at radius 2 is 2.16 bits per heavy atom. The Bertz CT molecular complexity index is 596. The summed E-state index contributed by atoms with van der Waals surface area (Å²) >= 11 is 0. The fraction of sp³-hybridized carbons (Fsp3) is 0.500. The van der Waals surface area contributed by atoms with Gasteiger partial charge in [0.2, 0.25) is 0 Å². The first kappa shape index (κ1) is 12.3. The highest BCUT2D eigenvalue weighted by atomic mass is 16.4. The fourth-order valence-electron chi connectivity index (χ4n) is 2.65. The van der Waals surface area contributed by atoms with Crippen LogP contribution in [-0.2, 0) is 0 Å². The Kier molecular flexibility index (Phi) is 3.55. The van der Waals surface area contributed by atoms with Crippen LogP contribution in [0.5, 0.6) is 0 Å². The van der Waals surface area contributed by atoms with E-state index < -0.39 is 5.76 Å². The summed E-state index contributed by atoms with van der Waals surface area (Å²) in [7, 11) is 0. The molecule has 1 aliphatic heterocycles. The lowest BCUT2D eigenvalue weighted by molar-refractivity contribution is 0.361. The number of aromatic nitrogens is 1. The van der Waals surface area contributed by atoms with Gasteiger partial charge in [-0.15, -0.1) is 0 Å². The molecule has 1 fully saturated rings. The summed E-state index contributed by atoms with van der Waals surface area (Å²) in [6.45, 7) is 3.25. The van der Waals surface area contributed by atoms with Crippen molar-refractivity contribution in [3.05, 3.63) is 28.7 Å². The molecule has 1 aliphatic rings. The molecule has 0 amide bonds. The van der Waals surface area contributed by atoms with E-state index in [0.29, 0.717) is 5.58 Å². The Hall–Kier alpha value is -1.75. The van der Waals surface area contributed by atoms with E-state index in [4.69, 9.17) is 4.42 Å². The maximum atomic E-state index is 11.1. The van der Waals surface area contributed by atoms with Crippen molar-refractivity contribution in [3.8, 4) is 0 Å². The average Bonchev–Trinajstić information content (AvgIpc) is 2.79. The molecule has 1 aromatic heterocycles. The number of hydrogen-bond donors (Lipinski definition) is 3. The van der Waals surface area contributed by atoms with E-state index in [1.807, 2.05) is 18.2 Å². The van der Waals surface area contributed by atoms with Crippen molar-refractivity contribution in [2.24, 2.45) is 5.92 Å². The topological polar surface area (TPSA) is 70.1 Å². The van der Waals surface area contributed by atoms with E-state index in [9.17, 15) is 4.79 Å². The number of piperidine rings is 1. The normalized spacial score (nSPS) is 16.8. The van der Waals surface area contributed by atoms with Gasteiger partial charge in [-0.05, 0) is 50.4 Å². The minimum absolute atomic E-state index is 0.401. The van der Waals surface area contributed by atoms with Crippen molar-refractivity contribution < 1.29 is 4.42 Å². The molecule has 0 bridgehead atoms. The number of oxazole rings is 1. The summed E-state index contributed by atoms with van der Waals surface area (Å²) in [6.07, 6.45) is 3.73. The highest BCUT2D eigenvalue weighted by Gasteiger charge is 2.12. The number of hydrogen-bond acceptors (Lipinski definition) is 4. The first-order valence-corrected chi connectivity index (χ1v) is 6.89. The van der Waals surface area contributed by atoms with Gasteiger partial charge in [0.25, 0.3) is 0 Å². The van der Waals surface area contributed by atoms with E-state index in [-0.39, 0.29) is 0 Å². The minimum Gasteiger partial charge on any atom is -0.408 e. The van der Waals surface area contributed by atoms with Crippen LogP contribution >= 0.6 is 0 Å². The molecular formula is C14H19N3O2. The zero-order valence-corrected chi connectivity index (χ0v) is 10.9. The molecule has 19 heavy (non-hydrogen) atoms. The van der Waals surface area contributed by atoms with Crippen LogP contribution in [0.15, 0.2) is 27.4 Å². The summed E-state index contributed by atoms with van der Waals surface area (Å²) < 4.78 is 5.05. The predicted octanol–water partition coefficient (Wildman–Crippen LogP) is 1.92. The van der Waals surface area contributed by atoms with Crippen LogP contribution in [0.3, 0.4) is 0 Å². The Balaban J connectivity index is 1.57. The fourth-order valence-corrected chi connectivity index (χ4v) is 2.65. The molecule has 2 heterocycles. The van der Waals surface area contributed by atoms with Crippen LogP contribution in [-0.4, -0.2) is 24.6 Å². The van der Waals surface area contributed by atoms with Gasteiger partial charge in [-0.3, -0.25) is 4.98 Å². The Morgan fingerprint density at radius 1 is 1.32 bits per heavy atom. The molecule has 3 N–H and O–H groups in total. The van der Waals surface area contributed by atoms with Gasteiger partial charge < -0.3 is 15.1 Å². The van der Waals surface area contributed by atoms with Gasteiger partial charge >= 0.3 is 5.76 Å². The van der Waals surface area contributed by atoms with E-state index in [2.05, 4.69) is 15.6 Å². The zero-order chi connectivity index (χ0) is 13.1. The summed E-state index contributed by atoms with van der Waals surface area (Å²) in [5.41, 5.74) is 2.36. The van der Waals surface area contributed by atoms with Gasteiger partial charge in [0.05, 0.1) is 5.52 Å². The maximum Gasteiger partial charge on any atom is 0.417 e. The summed E-state index contributed by atoms with van der Waals surface area (Å²) in [4.78, 5) is 13.7. The first-order chi connectivity index (χ1) is 9.31. The number of rotatable bonds is 4. The number of nitrogens with one attached hydrogen (secondary N) is 3. The molecular weight excluding hydrogens is 242 g/mol. The molecule has 0 saturated carbocycles. The third-order valence-electron chi connectivity index (χ3n) is 3.76. The van der Waals surface area contributed by atoms with Gasteiger partial charge in [0.15, 0.2) is 5.58 Å². The monoisotopic (exact) mass is 261 g/mol. The summed E-state index contributed by atoms with van der Waals surface area (Å²) in [5, 5.41) is 6.78. The molecule has 0 spiro atoms.